The Morgan fingerprint density at radius 1 is 1.23 bits per heavy atom. The average molecular weight is 309 g/mol. The molecule has 1 unspecified atom stereocenters. The normalized spacial score (nSPS) is 24.5. The maximum atomic E-state index is 12.2. The molecule has 0 aromatic rings. The molecule has 0 radical (unpaired) electrons. The fourth-order valence-electron chi connectivity index (χ4n) is 2.70. The number of hydrogen-bond donors (Lipinski definition) is 0. The molecule has 22 heavy (non-hydrogen) atoms. The van der Waals surface area contributed by atoms with Gasteiger partial charge in [0.2, 0.25) is 0 Å². The lowest BCUT2D eigenvalue weighted by atomic mass is 9.78. The van der Waals surface area contributed by atoms with Gasteiger partial charge < -0.3 is 18.9 Å². The van der Waals surface area contributed by atoms with Crippen LogP contribution < -0.4 is 0 Å². The number of allylic oxidation sites excluding steroid dienone is 2. The van der Waals surface area contributed by atoms with Gasteiger partial charge >= 0.3 is 11.9 Å². The first-order valence-electron chi connectivity index (χ1n) is 6.87. The predicted octanol–water partition coefficient (Wildman–Crippen LogP) is 1.20. The van der Waals surface area contributed by atoms with E-state index in [0.29, 0.717) is 30.4 Å². The first kappa shape index (κ1) is 16.1. The van der Waals surface area contributed by atoms with E-state index in [1.807, 2.05) is 0 Å². The fraction of sp³-hybridized carbons (Fsp3) is 0.533. The van der Waals surface area contributed by atoms with E-state index >= 15 is 0 Å². The SMILES string of the molecule is COC(=O)C1=C(C)N=C(C)C(C(=O)OC)[C@@H]1C1=COCCO1. The lowest BCUT2D eigenvalue weighted by molar-refractivity contribution is -0.145. The van der Waals surface area contributed by atoms with Crippen molar-refractivity contribution in [1.29, 1.82) is 0 Å². The summed E-state index contributed by atoms with van der Waals surface area (Å²) >= 11 is 0. The van der Waals surface area contributed by atoms with Crippen molar-refractivity contribution < 1.29 is 28.5 Å². The Labute approximate surface area is 128 Å². The molecular formula is C15H19NO6. The molecule has 0 N–H and O–H groups in total. The Morgan fingerprint density at radius 2 is 1.95 bits per heavy atom. The molecule has 0 saturated carbocycles. The molecule has 0 bridgehead atoms. The lowest BCUT2D eigenvalue weighted by Crippen LogP contribution is -2.39. The number of carbonyl (C=O) groups is 2. The fourth-order valence-corrected chi connectivity index (χ4v) is 2.70. The Balaban J connectivity index is 2.55. The van der Waals surface area contributed by atoms with Gasteiger partial charge in [-0.3, -0.25) is 9.79 Å². The number of rotatable bonds is 3. The van der Waals surface area contributed by atoms with Crippen LogP contribution in [0.1, 0.15) is 13.8 Å². The Morgan fingerprint density at radius 3 is 2.50 bits per heavy atom. The molecule has 2 atom stereocenters. The molecule has 2 rings (SSSR count). The van der Waals surface area contributed by atoms with Crippen molar-refractivity contribution >= 4 is 17.7 Å². The van der Waals surface area contributed by atoms with Crippen LogP contribution in [0.3, 0.4) is 0 Å². The predicted molar refractivity (Wildman–Crippen MR) is 76.8 cm³/mol. The molecule has 0 aromatic carbocycles. The maximum Gasteiger partial charge on any atom is 0.336 e. The summed E-state index contributed by atoms with van der Waals surface area (Å²) in [7, 11) is 2.58. The minimum absolute atomic E-state index is 0.278. The van der Waals surface area contributed by atoms with Gasteiger partial charge in [0, 0.05) is 11.4 Å². The largest absolute Gasteiger partial charge is 0.494 e. The van der Waals surface area contributed by atoms with Gasteiger partial charge in [-0.1, -0.05) is 0 Å². The lowest BCUT2D eigenvalue weighted by Gasteiger charge is -2.32. The summed E-state index contributed by atoms with van der Waals surface area (Å²) in [4.78, 5) is 28.7. The van der Waals surface area contributed by atoms with Crippen LogP contribution >= 0.6 is 0 Å². The highest BCUT2D eigenvalue weighted by atomic mass is 16.6. The molecule has 2 aliphatic heterocycles. The molecule has 2 aliphatic rings. The van der Waals surface area contributed by atoms with Gasteiger partial charge in [-0.05, 0) is 13.8 Å². The van der Waals surface area contributed by atoms with E-state index in [1.165, 1.54) is 20.5 Å². The van der Waals surface area contributed by atoms with Gasteiger partial charge in [-0.2, -0.15) is 0 Å². The second kappa shape index (κ2) is 6.64. The molecule has 0 saturated heterocycles. The Kier molecular flexibility index (Phi) is 4.85. The standard InChI is InChI=1S/C15H19NO6/c1-8-11(14(17)19-3)13(10-7-21-5-6-22-10)12(9(2)16-8)15(18)20-4/h7,11,13H,5-6H2,1-4H3/t11?,13-/m0/s1. The summed E-state index contributed by atoms with van der Waals surface area (Å²) in [5.41, 5.74) is 1.32. The number of esters is 2. The summed E-state index contributed by atoms with van der Waals surface area (Å²) in [5, 5.41) is 0. The van der Waals surface area contributed by atoms with Crippen LogP contribution in [0, 0.1) is 11.8 Å². The van der Waals surface area contributed by atoms with E-state index in [4.69, 9.17) is 18.9 Å². The minimum Gasteiger partial charge on any atom is -0.494 e. The second-order valence-electron chi connectivity index (χ2n) is 4.96. The molecule has 0 aromatic heterocycles. The number of methoxy groups -OCH3 is 2. The Hall–Kier alpha value is -2.31. The summed E-state index contributed by atoms with van der Waals surface area (Å²) in [6.45, 7) is 4.18. The highest BCUT2D eigenvalue weighted by molar-refractivity contribution is 6.06. The summed E-state index contributed by atoms with van der Waals surface area (Å²) in [6, 6.07) is 0. The van der Waals surface area contributed by atoms with E-state index in [2.05, 4.69) is 4.99 Å². The van der Waals surface area contributed by atoms with E-state index in [9.17, 15) is 9.59 Å². The topological polar surface area (TPSA) is 83.4 Å². The van der Waals surface area contributed by atoms with E-state index in [-0.39, 0.29) is 5.57 Å². The van der Waals surface area contributed by atoms with Crippen LogP contribution in [0.2, 0.25) is 0 Å². The van der Waals surface area contributed by atoms with Gasteiger partial charge in [-0.15, -0.1) is 0 Å². The number of aliphatic imine (C=N–C) groups is 1. The zero-order valence-corrected chi connectivity index (χ0v) is 13.0. The first-order valence-corrected chi connectivity index (χ1v) is 6.87. The van der Waals surface area contributed by atoms with Crippen LogP contribution in [0.25, 0.3) is 0 Å². The number of hydrogen-bond acceptors (Lipinski definition) is 7. The summed E-state index contributed by atoms with van der Waals surface area (Å²) in [5.74, 6) is -2.07. The smallest absolute Gasteiger partial charge is 0.336 e. The van der Waals surface area contributed by atoms with Gasteiger partial charge in [0.15, 0.2) is 0 Å². The van der Waals surface area contributed by atoms with Gasteiger partial charge in [0.25, 0.3) is 0 Å². The van der Waals surface area contributed by atoms with E-state index < -0.39 is 23.8 Å². The molecule has 0 spiro atoms. The molecule has 0 fully saturated rings. The molecular weight excluding hydrogens is 290 g/mol. The molecule has 7 heteroatoms. The molecule has 0 aliphatic carbocycles. The Bertz CT molecular complexity index is 575. The van der Waals surface area contributed by atoms with Crippen LogP contribution in [-0.2, 0) is 28.5 Å². The van der Waals surface area contributed by atoms with Crippen molar-refractivity contribution in [2.24, 2.45) is 16.8 Å². The van der Waals surface area contributed by atoms with Gasteiger partial charge in [0.1, 0.15) is 31.2 Å². The quantitative estimate of drug-likeness (QED) is 0.728. The van der Waals surface area contributed by atoms with Crippen LogP contribution in [0.5, 0.6) is 0 Å². The minimum atomic E-state index is -0.754. The van der Waals surface area contributed by atoms with Crippen molar-refractivity contribution in [3.63, 3.8) is 0 Å². The molecule has 7 nitrogen and oxygen atoms in total. The van der Waals surface area contributed by atoms with Crippen LogP contribution in [-0.4, -0.2) is 45.1 Å². The van der Waals surface area contributed by atoms with E-state index in [1.54, 1.807) is 13.8 Å². The monoisotopic (exact) mass is 309 g/mol. The third-order valence-corrected chi connectivity index (χ3v) is 3.66. The first-order chi connectivity index (χ1) is 10.5. The summed E-state index contributed by atoms with van der Waals surface area (Å²) < 4.78 is 20.6. The highest BCUT2D eigenvalue weighted by Crippen LogP contribution is 2.38. The second-order valence-corrected chi connectivity index (χ2v) is 4.96. The van der Waals surface area contributed by atoms with Gasteiger partial charge in [-0.25, -0.2) is 4.79 Å². The van der Waals surface area contributed by atoms with Crippen molar-refractivity contribution in [3.8, 4) is 0 Å². The molecule has 0 amide bonds. The molecule has 2 heterocycles. The number of nitrogens with zero attached hydrogens (tertiary/aromatic N) is 1. The van der Waals surface area contributed by atoms with Crippen molar-refractivity contribution in [3.05, 3.63) is 23.3 Å². The molecule has 120 valence electrons. The third kappa shape index (κ3) is 2.84. The van der Waals surface area contributed by atoms with Crippen molar-refractivity contribution in [2.75, 3.05) is 27.4 Å². The van der Waals surface area contributed by atoms with Gasteiger partial charge in [0.05, 0.1) is 25.7 Å². The van der Waals surface area contributed by atoms with E-state index in [0.717, 1.165) is 0 Å². The number of ether oxygens (including phenoxy) is 4. The van der Waals surface area contributed by atoms with Crippen molar-refractivity contribution in [2.45, 2.75) is 13.8 Å². The van der Waals surface area contributed by atoms with Crippen molar-refractivity contribution in [1.82, 2.24) is 0 Å². The maximum absolute atomic E-state index is 12.2. The zero-order valence-electron chi connectivity index (χ0n) is 13.0. The number of carbonyl (C=O) groups excluding carboxylic acids is 2. The zero-order chi connectivity index (χ0) is 16.3. The van der Waals surface area contributed by atoms with Crippen LogP contribution in [0.4, 0.5) is 0 Å². The average Bonchev–Trinajstić information content (AvgIpc) is 2.53. The van der Waals surface area contributed by atoms with Crippen LogP contribution in [0.15, 0.2) is 28.3 Å². The highest BCUT2D eigenvalue weighted by Gasteiger charge is 2.44. The third-order valence-electron chi connectivity index (χ3n) is 3.66. The summed E-state index contributed by atoms with van der Waals surface area (Å²) in [6.07, 6.45) is 1.43.